The van der Waals surface area contributed by atoms with Crippen LogP contribution in [0.4, 0.5) is 0 Å². The van der Waals surface area contributed by atoms with Crippen molar-refractivity contribution in [3.05, 3.63) is 194 Å². The lowest BCUT2D eigenvalue weighted by molar-refractivity contribution is 0.669. The number of hydrogen-bond acceptors (Lipinski definition) is 4. The summed E-state index contributed by atoms with van der Waals surface area (Å²) in [5.74, 6) is 1.82. The highest BCUT2D eigenvalue weighted by atomic mass is 16.3. The number of hydrogen-bond donors (Lipinski definition) is 0. The molecule has 3 aromatic heterocycles. The van der Waals surface area contributed by atoms with Crippen molar-refractivity contribution >= 4 is 43.7 Å². The number of rotatable bonds is 6. The van der Waals surface area contributed by atoms with Gasteiger partial charge in [-0.2, -0.15) is 0 Å². The smallest absolute Gasteiger partial charge is 0.164 e. The Hall–Kier alpha value is -7.63. The predicted octanol–water partition coefficient (Wildman–Crippen LogP) is 13.2. The lowest BCUT2D eigenvalue weighted by Crippen LogP contribution is -2.00. The van der Waals surface area contributed by atoms with E-state index in [1.54, 1.807) is 0 Å². The van der Waals surface area contributed by atoms with Crippen molar-refractivity contribution in [2.45, 2.75) is 0 Å². The van der Waals surface area contributed by atoms with E-state index in [2.05, 4.69) is 156 Å². The molecule has 0 aliphatic carbocycles. The van der Waals surface area contributed by atoms with E-state index < -0.39 is 0 Å². The van der Waals surface area contributed by atoms with Crippen molar-refractivity contribution in [2.75, 3.05) is 0 Å². The molecule has 0 atom stereocenters. The second-order valence-electron chi connectivity index (χ2n) is 14.0. The SMILES string of the molecule is c1ccc(-c2ccc(-c3nc(-c4ccccc4)nc(-c4ccc5c(c4)oc4cccc(-c6ccc7c8ccccc8n(-c8ccccc8)c7c6)c45)n3)cc2)cc1. The van der Waals surface area contributed by atoms with E-state index >= 15 is 0 Å². The molecule has 262 valence electrons. The molecule has 56 heavy (non-hydrogen) atoms. The van der Waals surface area contributed by atoms with Crippen molar-refractivity contribution in [2.24, 2.45) is 0 Å². The third-order valence-corrected chi connectivity index (χ3v) is 10.7. The van der Waals surface area contributed by atoms with Crippen molar-refractivity contribution in [1.82, 2.24) is 19.5 Å². The molecule has 0 saturated heterocycles. The maximum atomic E-state index is 6.61. The fourth-order valence-electron chi connectivity index (χ4n) is 7.99. The molecule has 0 amide bonds. The zero-order chi connectivity index (χ0) is 37.0. The van der Waals surface area contributed by atoms with Crippen LogP contribution in [0.25, 0.3) is 106 Å². The van der Waals surface area contributed by atoms with E-state index in [1.165, 1.54) is 21.9 Å². The summed E-state index contributed by atoms with van der Waals surface area (Å²) in [5, 5.41) is 4.58. The highest BCUT2D eigenvalue weighted by Gasteiger charge is 2.18. The molecule has 0 bridgehead atoms. The van der Waals surface area contributed by atoms with Gasteiger partial charge in [-0.05, 0) is 64.7 Å². The third-order valence-electron chi connectivity index (χ3n) is 10.7. The summed E-state index contributed by atoms with van der Waals surface area (Å²) in [6.45, 7) is 0. The normalized spacial score (nSPS) is 11.6. The molecule has 3 heterocycles. The first-order chi connectivity index (χ1) is 27.7. The van der Waals surface area contributed by atoms with Gasteiger partial charge in [0.15, 0.2) is 17.5 Å². The fraction of sp³-hybridized carbons (Fsp3) is 0. The van der Waals surface area contributed by atoms with Gasteiger partial charge in [0, 0.05) is 43.9 Å². The molecule has 0 fully saturated rings. The molecular weight excluding hydrogens is 685 g/mol. The van der Waals surface area contributed by atoms with Gasteiger partial charge in [-0.3, -0.25) is 0 Å². The quantitative estimate of drug-likeness (QED) is 0.172. The summed E-state index contributed by atoms with van der Waals surface area (Å²) in [4.78, 5) is 15.0. The third kappa shape index (κ3) is 5.37. The van der Waals surface area contributed by atoms with Gasteiger partial charge in [0.2, 0.25) is 0 Å². The van der Waals surface area contributed by atoms with Crippen molar-refractivity contribution in [3.8, 4) is 62.1 Å². The maximum absolute atomic E-state index is 6.61. The zero-order valence-corrected chi connectivity index (χ0v) is 30.2. The van der Waals surface area contributed by atoms with Gasteiger partial charge >= 0.3 is 0 Å². The first-order valence-corrected chi connectivity index (χ1v) is 18.8. The molecule has 0 saturated carbocycles. The molecule has 0 spiro atoms. The molecule has 0 aliphatic rings. The van der Waals surface area contributed by atoms with Crippen molar-refractivity contribution < 1.29 is 4.42 Å². The molecule has 0 aliphatic heterocycles. The van der Waals surface area contributed by atoms with E-state index in [1.807, 2.05) is 42.5 Å². The number of benzene rings is 8. The van der Waals surface area contributed by atoms with Crippen molar-refractivity contribution in [1.29, 1.82) is 0 Å². The summed E-state index contributed by atoms with van der Waals surface area (Å²) in [6, 6.07) is 67.4. The molecule has 0 unspecified atom stereocenters. The monoisotopic (exact) mass is 716 g/mol. The van der Waals surface area contributed by atoms with E-state index in [9.17, 15) is 0 Å². The highest BCUT2D eigenvalue weighted by molar-refractivity contribution is 6.15. The van der Waals surface area contributed by atoms with Gasteiger partial charge in [0.1, 0.15) is 11.2 Å². The Morgan fingerprint density at radius 1 is 0.339 bits per heavy atom. The second-order valence-corrected chi connectivity index (χ2v) is 14.0. The molecule has 5 heteroatoms. The Morgan fingerprint density at radius 3 is 1.62 bits per heavy atom. The molecular formula is C51H32N4O. The van der Waals surface area contributed by atoms with Gasteiger partial charge < -0.3 is 8.98 Å². The van der Waals surface area contributed by atoms with Crippen LogP contribution in [0.5, 0.6) is 0 Å². The van der Waals surface area contributed by atoms with Gasteiger partial charge in [-0.15, -0.1) is 0 Å². The van der Waals surface area contributed by atoms with Gasteiger partial charge in [-0.1, -0.05) is 152 Å². The van der Waals surface area contributed by atoms with Crippen LogP contribution in [0.2, 0.25) is 0 Å². The average molecular weight is 717 g/mol. The summed E-state index contributed by atoms with van der Waals surface area (Å²) in [5.41, 5.74) is 12.3. The fourth-order valence-corrected chi connectivity index (χ4v) is 7.99. The topological polar surface area (TPSA) is 56.7 Å². The van der Waals surface area contributed by atoms with E-state index in [-0.39, 0.29) is 0 Å². The Kier molecular flexibility index (Phi) is 7.42. The summed E-state index contributed by atoms with van der Waals surface area (Å²) < 4.78 is 8.97. The number of furan rings is 1. The van der Waals surface area contributed by atoms with Crippen LogP contribution in [-0.2, 0) is 0 Å². The lowest BCUT2D eigenvalue weighted by atomic mass is 9.98. The zero-order valence-electron chi connectivity index (χ0n) is 30.2. The Labute approximate surface area is 322 Å². The molecule has 8 aromatic carbocycles. The van der Waals surface area contributed by atoms with Gasteiger partial charge in [0.05, 0.1) is 11.0 Å². The first-order valence-electron chi connectivity index (χ1n) is 18.8. The molecule has 0 radical (unpaired) electrons. The molecule has 11 rings (SSSR count). The molecule has 0 N–H and O–H groups in total. The van der Waals surface area contributed by atoms with Crippen LogP contribution in [0.15, 0.2) is 199 Å². The second kappa shape index (κ2) is 13.0. The summed E-state index contributed by atoms with van der Waals surface area (Å²) >= 11 is 0. The maximum Gasteiger partial charge on any atom is 0.164 e. The minimum absolute atomic E-state index is 0.586. The van der Waals surface area contributed by atoms with Crippen LogP contribution < -0.4 is 0 Å². The standard InChI is InChI=1S/C51H32N4O/c1-4-13-33(14-5-1)34-23-25-36(26-24-34)50-52-49(35-15-6-2-7-16-35)53-51(54-50)38-28-30-43-47(32-38)56-46-22-12-20-40(48(43)46)37-27-29-42-41-19-10-11-21-44(41)55(45(42)31-37)39-17-8-3-9-18-39/h1-32H. The van der Waals surface area contributed by atoms with E-state index in [0.29, 0.717) is 17.5 Å². The number of para-hydroxylation sites is 2. The lowest BCUT2D eigenvalue weighted by Gasteiger charge is -2.10. The van der Waals surface area contributed by atoms with Crippen LogP contribution in [0, 0.1) is 0 Å². The van der Waals surface area contributed by atoms with Crippen molar-refractivity contribution in [3.63, 3.8) is 0 Å². The van der Waals surface area contributed by atoms with Crippen LogP contribution >= 0.6 is 0 Å². The number of fused-ring (bicyclic) bond motifs is 6. The molecule has 11 aromatic rings. The number of aromatic nitrogens is 4. The Balaban J connectivity index is 1.04. The Bertz CT molecular complexity index is 3220. The minimum atomic E-state index is 0.586. The summed E-state index contributed by atoms with van der Waals surface area (Å²) in [6.07, 6.45) is 0. The van der Waals surface area contributed by atoms with Crippen LogP contribution in [-0.4, -0.2) is 19.5 Å². The highest BCUT2D eigenvalue weighted by Crippen LogP contribution is 2.41. The van der Waals surface area contributed by atoms with Gasteiger partial charge in [-0.25, -0.2) is 15.0 Å². The number of nitrogens with zero attached hydrogens (tertiary/aromatic N) is 4. The van der Waals surface area contributed by atoms with E-state index in [4.69, 9.17) is 19.4 Å². The van der Waals surface area contributed by atoms with Crippen LogP contribution in [0.1, 0.15) is 0 Å². The average Bonchev–Trinajstić information content (AvgIpc) is 3.82. The molecule has 5 nitrogen and oxygen atoms in total. The minimum Gasteiger partial charge on any atom is -0.456 e. The largest absolute Gasteiger partial charge is 0.456 e. The van der Waals surface area contributed by atoms with Crippen LogP contribution in [0.3, 0.4) is 0 Å². The first kappa shape index (κ1) is 31.9. The summed E-state index contributed by atoms with van der Waals surface area (Å²) in [7, 11) is 0. The predicted molar refractivity (Wildman–Crippen MR) is 229 cm³/mol. The Morgan fingerprint density at radius 2 is 0.875 bits per heavy atom. The van der Waals surface area contributed by atoms with Gasteiger partial charge in [0.25, 0.3) is 0 Å². The van der Waals surface area contributed by atoms with E-state index in [0.717, 1.165) is 66.5 Å².